The van der Waals surface area contributed by atoms with E-state index in [1.807, 2.05) is 4.90 Å². The van der Waals surface area contributed by atoms with E-state index < -0.39 is 10.0 Å². The van der Waals surface area contributed by atoms with Crippen LogP contribution in [0.5, 0.6) is 0 Å². The Balaban J connectivity index is 0.00000210. The first-order valence-corrected chi connectivity index (χ1v) is 11.1. The molecule has 4 rings (SSSR count). The summed E-state index contributed by atoms with van der Waals surface area (Å²) in [5.41, 5.74) is 0.473. The number of nitrogens with one attached hydrogen (secondary N) is 1. The predicted molar refractivity (Wildman–Crippen MR) is 107 cm³/mol. The van der Waals surface area contributed by atoms with Gasteiger partial charge in [0.1, 0.15) is 0 Å². The summed E-state index contributed by atoms with van der Waals surface area (Å²) in [5.74, 6) is -0.0601. The van der Waals surface area contributed by atoms with E-state index in [1.54, 1.807) is 28.6 Å². The molecule has 8 heteroatoms. The molecule has 150 valence electrons. The van der Waals surface area contributed by atoms with E-state index in [0.29, 0.717) is 37.3 Å². The van der Waals surface area contributed by atoms with Gasteiger partial charge >= 0.3 is 0 Å². The molecule has 1 amide bonds. The molecule has 3 fully saturated rings. The van der Waals surface area contributed by atoms with E-state index in [9.17, 15) is 13.2 Å². The van der Waals surface area contributed by atoms with Gasteiger partial charge in [-0.25, -0.2) is 8.42 Å². The van der Waals surface area contributed by atoms with Gasteiger partial charge in [0.2, 0.25) is 10.0 Å². The molecule has 6 nitrogen and oxygen atoms in total. The Hall–Kier alpha value is -1.15. The summed E-state index contributed by atoms with van der Waals surface area (Å²) in [7, 11) is -3.51. The van der Waals surface area contributed by atoms with Crippen LogP contribution in [0.1, 0.15) is 48.9 Å². The summed E-state index contributed by atoms with van der Waals surface area (Å²) in [6, 6.07) is 7.46. The maximum atomic E-state index is 13.0. The molecule has 0 radical (unpaired) electrons. The van der Waals surface area contributed by atoms with Gasteiger partial charge in [-0.3, -0.25) is 4.79 Å². The monoisotopic (exact) mass is 413 g/mol. The lowest BCUT2D eigenvalue weighted by Gasteiger charge is -2.27. The molecular weight excluding hydrogens is 386 g/mol. The maximum absolute atomic E-state index is 13.0. The van der Waals surface area contributed by atoms with Crippen LogP contribution in [0.2, 0.25) is 0 Å². The standard InChI is InChI=1S/C19H27N3O3S.ClH/c23-19(21-12-9-16-7-8-17(14-21)20-16)15-5-4-6-18(13-15)26(24,25)22-10-2-1-3-11-22;/h4-6,13,16-17,20H,1-3,7-12,14H2;1H. The highest BCUT2D eigenvalue weighted by atomic mass is 35.5. The Kier molecular flexibility index (Phi) is 6.46. The highest BCUT2D eigenvalue weighted by Crippen LogP contribution is 2.24. The zero-order valence-electron chi connectivity index (χ0n) is 15.5. The van der Waals surface area contributed by atoms with E-state index in [2.05, 4.69) is 5.32 Å². The van der Waals surface area contributed by atoms with Crippen molar-refractivity contribution in [1.29, 1.82) is 0 Å². The average molecular weight is 414 g/mol. The van der Waals surface area contributed by atoms with Gasteiger partial charge in [-0.15, -0.1) is 12.4 Å². The lowest BCUT2D eigenvalue weighted by atomic mass is 10.1. The minimum Gasteiger partial charge on any atom is -0.337 e. The number of carbonyl (C=O) groups excluding carboxylic acids is 1. The number of halogens is 1. The van der Waals surface area contributed by atoms with Crippen LogP contribution in [-0.4, -0.2) is 61.8 Å². The molecule has 3 aliphatic heterocycles. The molecule has 0 aromatic heterocycles. The molecular formula is C19H28ClN3O3S. The van der Waals surface area contributed by atoms with Crippen LogP contribution in [-0.2, 0) is 10.0 Å². The molecule has 0 spiro atoms. The number of rotatable bonds is 3. The molecule has 2 bridgehead atoms. The number of fused-ring (bicyclic) bond motifs is 2. The summed E-state index contributed by atoms with van der Waals surface area (Å²) >= 11 is 0. The quantitative estimate of drug-likeness (QED) is 0.825. The van der Waals surface area contributed by atoms with E-state index in [-0.39, 0.29) is 23.2 Å². The third kappa shape index (κ3) is 4.31. The molecule has 1 N–H and O–H groups in total. The highest BCUT2D eigenvalue weighted by molar-refractivity contribution is 7.89. The van der Waals surface area contributed by atoms with Gasteiger partial charge in [-0.1, -0.05) is 12.5 Å². The zero-order valence-corrected chi connectivity index (χ0v) is 17.1. The molecule has 27 heavy (non-hydrogen) atoms. The van der Waals surface area contributed by atoms with Gasteiger partial charge in [0.25, 0.3) is 5.91 Å². The van der Waals surface area contributed by atoms with Crippen molar-refractivity contribution in [2.24, 2.45) is 0 Å². The SMILES string of the molecule is Cl.O=C(c1cccc(S(=O)(=O)N2CCCCC2)c1)N1CCC2CCC(C1)N2. The first-order valence-electron chi connectivity index (χ1n) is 9.69. The Morgan fingerprint density at radius 3 is 2.52 bits per heavy atom. The fourth-order valence-corrected chi connectivity index (χ4v) is 5.92. The Labute approximate surface area is 167 Å². The highest BCUT2D eigenvalue weighted by Gasteiger charge is 2.32. The summed E-state index contributed by atoms with van der Waals surface area (Å²) in [6.07, 6.45) is 6.15. The van der Waals surface area contributed by atoms with Crippen LogP contribution in [0, 0.1) is 0 Å². The number of hydrogen-bond donors (Lipinski definition) is 1. The van der Waals surface area contributed by atoms with E-state index in [4.69, 9.17) is 0 Å². The molecule has 2 unspecified atom stereocenters. The van der Waals surface area contributed by atoms with Crippen molar-refractivity contribution in [3.05, 3.63) is 29.8 Å². The summed E-state index contributed by atoms with van der Waals surface area (Å²) in [5, 5.41) is 3.57. The first kappa shape index (κ1) is 20.6. The van der Waals surface area contributed by atoms with Crippen molar-refractivity contribution in [2.75, 3.05) is 26.2 Å². The van der Waals surface area contributed by atoms with Crippen LogP contribution in [0.25, 0.3) is 0 Å². The number of nitrogens with zero attached hydrogens (tertiary/aromatic N) is 2. The van der Waals surface area contributed by atoms with Crippen LogP contribution in [0.4, 0.5) is 0 Å². The maximum Gasteiger partial charge on any atom is 0.253 e. The van der Waals surface area contributed by atoms with Crippen molar-refractivity contribution in [3.63, 3.8) is 0 Å². The fraction of sp³-hybridized carbons (Fsp3) is 0.632. The molecule has 3 aliphatic rings. The molecule has 1 aromatic carbocycles. The Bertz CT molecular complexity index is 780. The third-order valence-corrected chi connectivity index (χ3v) is 7.74. The fourth-order valence-electron chi connectivity index (χ4n) is 4.35. The van der Waals surface area contributed by atoms with Crippen LogP contribution in [0.15, 0.2) is 29.2 Å². The van der Waals surface area contributed by atoms with Gasteiger partial charge in [0, 0.05) is 43.8 Å². The van der Waals surface area contributed by atoms with Gasteiger partial charge in [0.05, 0.1) is 4.90 Å². The normalized spacial score (nSPS) is 26.3. The van der Waals surface area contributed by atoms with Gasteiger partial charge in [-0.2, -0.15) is 4.31 Å². The number of sulfonamides is 1. The summed E-state index contributed by atoms with van der Waals surface area (Å²) < 4.78 is 27.3. The topological polar surface area (TPSA) is 69.7 Å². The van der Waals surface area contributed by atoms with Gasteiger partial charge in [0.15, 0.2) is 0 Å². The van der Waals surface area contributed by atoms with E-state index in [0.717, 1.165) is 38.6 Å². The Morgan fingerprint density at radius 1 is 1.00 bits per heavy atom. The first-order chi connectivity index (χ1) is 12.5. The smallest absolute Gasteiger partial charge is 0.253 e. The summed E-state index contributed by atoms with van der Waals surface area (Å²) in [4.78, 5) is 15.1. The molecule has 0 saturated carbocycles. The van der Waals surface area contributed by atoms with E-state index >= 15 is 0 Å². The lowest BCUT2D eigenvalue weighted by molar-refractivity contribution is 0.0748. The number of likely N-dealkylation sites (tertiary alicyclic amines) is 1. The second kappa shape index (κ2) is 8.47. The minimum absolute atomic E-state index is 0. The average Bonchev–Trinajstić information content (AvgIpc) is 3.01. The van der Waals surface area contributed by atoms with Crippen LogP contribution < -0.4 is 5.32 Å². The van der Waals surface area contributed by atoms with E-state index in [1.165, 1.54) is 6.42 Å². The van der Waals surface area contributed by atoms with Crippen LogP contribution >= 0.6 is 12.4 Å². The molecule has 3 heterocycles. The third-order valence-electron chi connectivity index (χ3n) is 5.84. The lowest BCUT2D eigenvalue weighted by Crippen LogP contribution is -2.39. The molecule has 2 atom stereocenters. The minimum atomic E-state index is -3.51. The van der Waals surface area contributed by atoms with Gasteiger partial charge in [-0.05, 0) is 50.3 Å². The number of benzene rings is 1. The van der Waals surface area contributed by atoms with Crippen molar-refractivity contribution in [2.45, 2.75) is 55.5 Å². The Morgan fingerprint density at radius 2 is 1.74 bits per heavy atom. The van der Waals surface area contributed by atoms with Gasteiger partial charge < -0.3 is 10.2 Å². The van der Waals surface area contributed by atoms with Crippen molar-refractivity contribution >= 4 is 28.3 Å². The number of hydrogen-bond acceptors (Lipinski definition) is 4. The number of amides is 1. The predicted octanol–water partition coefficient (Wildman–Crippen LogP) is 2.25. The van der Waals surface area contributed by atoms with Crippen LogP contribution in [0.3, 0.4) is 0 Å². The second-order valence-electron chi connectivity index (χ2n) is 7.67. The van der Waals surface area contributed by atoms with Crippen molar-refractivity contribution in [1.82, 2.24) is 14.5 Å². The largest absolute Gasteiger partial charge is 0.337 e. The van der Waals surface area contributed by atoms with Crippen molar-refractivity contribution in [3.8, 4) is 0 Å². The van der Waals surface area contributed by atoms with Crippen molar-refractivity contribution < 1.29 is 13.2 Å². The molecule has 0 aliphatic carbocycles. The zero-order chi connectivity index (χ0) is 18.1. The molecule has 1 aromatic rings. The number of piperidine rings is 1. The summed E-state index contributed by atoms with van der Waals surface area (Å²) in [6.45, 7) is 2.58. The molecule has 3 saturated heterocycles. The second-order valence-corrected chi connectivity index (χ2v) is 9.61. The number of carbonyl (C=O) groups is 1.